The Morgan fingerprint density at radius 2 is 1.97 bits per heavy atom. The zero-order valence-electron chi connectivity index (χ0n) is 20.4. The molecule has 5 nitrogen and oxygen atoms in total. The summed E-state index contributed by atoms with van der Waals surface area (Å²) in [6.45, 7) is 16.2. The number of rotatable bonds is 9. The first-order chi connectivity index (χ1) is 15.1. The van der Waals surface area contributed by atoms with Crippen LogP contribution >= 0.6 is 0 Å². The molecule has 1 aromatic heterocycles. The van der Waals surface area contributed by atoms with Crippen LogP contribution in [0.3, 0.4) is 0 Å². The van der Waals surface area contributed by atoms with Gasteiger partial charge in [-0.05, 0) is 76.1 Å². The fourth-order valence-corrected chi connectivity index (χ4v) is 3.49. The van der Waals surface area contributed by atoms with E-state index >= 15 is 0 Å². The summed E-state index contributed by atoms with van der Waals surface area (Å²) < 4.78 is 1.90. The highest BCUT2D eigenvalue weighted by Crippen LogP contribution is 2.25. The van der Waals surface area contributed by atoms with Crippen molar-refractivity contribution in [2.24, 2.45) is 5.92 Å². The van der Waals surface area contributed by atoms with Crippen molar-refractivity contribution in [3.63, 3.8) is 0 Å². The fourth-order valence-electron chi connectivity index (χ4n) is 3.49. The Kier molecular flexibility index (Phi) is 8.64. The number of amides is 1. The zero-order valence-corrected chi connectivity index (χ0v) is 20.4. The van der Waals surface area contributed by atoms with E-state index in [1.54, 1.807) is 6.08 Å². The average Bonchev–Trinajstić information content (AvgIpc) is 3.14. The molecule has 32 heavy (non-hydrogen) atoms. The van der Waals surface area contributed by atoms with Gasteiger partial charge in [-0.3, -0.25) is 4.79 Å². The van der Waals surface area contributed by atoms with Gasteiger partial charge in [0.05, 0.1) is 11.2 Å². The topological polar surface area (TPSA) is 72.9 Å². The lowest BCUT2D eigenvalue weighted by molar-refractivity contribution is -0.113. The van der Waals surface area contributed by atoms with E-state index in [4.69, 9.17) is 10.8 Å². The van der Waals surface area contributed by atoms with Crippen LogP contribution in [-0.2, 0) is 23.2 Å². The minimum absolute atomic E-state index is 0.100. The Morgan fingerprint density at radius 1 is 1.25 bits per heavy atom. The van der Waals surface area contributed by atoms with E-state index in [1.807, 2.05) is 47.2 Å². The quantitative estimate of drug-likeness (QED) is 0.290. The van der Waals surface area contributed by atoms with Crippen molar-refractivity contribution in [1.29, 1.82) is 0 Å². The van der Waals surface area contributed by atoms with Gasteiger partial charge in [0.25, 0.3) is 5.91 Å². The molecule has 1 amide bonds. The summed E-state index contributed by atoms with van der Waals surface area (Å²) in [7, 11) is 0. The van der Waals surface area contributed by atoms with Crippen LogP contribution in [0.1, 0.15) is 57.9 Å². The third kappa shape index (κ3) is 6.71. The predicted molar refractivity (Wildman–Crippen MR) is 136 cm³/mol. The van der Waals surface area contributed by atoms with Crippen LogP contribution in [0.2, 0.25) is 0 Å². The molecule has 1 atom stereocenters. The van der Waals surface area contributed by atoms with E-state index in [0.717, 1.165) is 36.2 Å². The number of nitrogens with zero attached hydrogens (tertiary/aromatic N) is 2. The van der Waals surface area contributed by atoms with Crippen LogP contribution in [0.5, 0.6) is 0 Å². The molecule has 1 heterocycles. The molecule has 0 saturated heterocycles. The maximum absolute atomic E-state index is 13.2. The number of aryl methyl sites for hydroxylation is 3. The zero-order chi connectivity index (χ0) is 23.9. The summed E-state index contributed by atoms with van der Waals surface area (Å²) in [5.74, 6) is 0.752. The number of carbonyl (C=O) groups is 1. The largest absolute Gasteiger partial charge is 0.399 e. The van der Waals surface area contributed by atoms with Crippen molar-refractivity contribution < 1.29 is 4.79 Å². The monoisotopic (exact) mass is 434 g/mol. The predicted octanol–water partition coefficient (Wildman–Crippen LogP) is 5.97. The van der Waals surface area contributed by atoms with Crippen molar-refractivity contribution in [2.45, 2.75) is 66.3 Å². The number of nitrogens with two attached hydrogens (primary N) is 1. The van der Waals surface area contributed by atoms with Crippen LogP contribution in [0, 0.1) is 12.8 Å². The molecule has 2 rings (SSSR count). The van der Waals surface area contributed by atoms with E-state index in [1.165, 1.54) is 11.1 Å². The van der Waals surface area contributed by atoms with Crippen LogP contribution in [-0.4, -0.2) is 15.7 Å². The molecule has 0 fully saturated rings. The lowest BCUT2D eigenvalue weighted by Crippen LogP contribution is -2.28. The van der Waals surface area contributed by atoms with Crippen LogP contribution < -0.4 is 11.1 Å². The summed E-state index contributed by atoms with van der Waals surface area (Å²) in [6, 6.07) is 7.98. The van der Waals surface area contributed by atoms with Crippen molar-refractivity contribution in [3.8, 4) is 0 Å². The fraction of sp³-hybridized carbons (Fsp3) is 0.407. The first-order valence-electron chi connectivity index (χ1n) is 11.3. The molecule has 172 valence electrons. The molecule has 0 bridgehead atoms. The molecule has 1 aromatic carbocycles. The minimum atomic E-state index is -0.267. The van der Waals surface area contributed by atoms with E-state index < -0.39 is 0 Å². The molecule has 5 heteroatoms. The van der Waals surface area contributed by atoms with Crippen molar-refractivity contribution in [1.82, 2.24) is 9.78 Å². The molecular weight excluding hydrogens is 396 g/mol. The van der Waals surface area contributed by atoms with Gasteiger partial charge in [-0.2, -0.15) is 5.10 Å². The summed E-state index contributed by atoms with van der Waals surface area (Å²) in [5, 5.41) is 7.94. The second-order valence-corrected chi connectivity index (χ2v) is 9.30. The second-order valence-electron chi connectivity index (χ2n) is 9.30. The third-order valence-corrected chi connectivity index (χ3v) is 5.59. The standard InChI is InChI=1S/C27H38N4O/c1-8-10-11-12-24(19(3)9-2)26(32)29-25-18-23(30-31(25)27(5,6)7)16-14-21-17-22(28)15-13-20(21)4/h8,10-13,15,17-19H,1,9,14,16,28H2,2-7H3,(H,29,32)/b11-10-,24-12+. The number of aromatic nitrogens is 2. The lowest BCUT2D eigenvalue weighted by atomic mass is 9.97. The number of benzene rings is 1. The van der Waals surface area contributed by atoms with Gasteiger partial charge in [0.1, 0.15) is 5.82 Å². The van der Waals surface area contributed by atoms with Gasteiger partial charge in [0, 0.05) is 17.3 Å². The molecule has 2 aromatic rings. The Morgan fingerprint density at radius 3 is 2.59 bits per heavy atom. The average molecular weight is 435 g/mol. The third-order valence-electron chi connectivity index (χ3n) is 5.59. The highest BCUT2D eigenvalue weighted by molar-refractivity contribution is 6.03. The Labute approximate surface area is 193 Å². The minimum Gasteiger partial charge on any atom is -0.399 e. The Balaban J connectivity index is 2.30. The lowest BCUT2D eigenvalue weighted by Gasteiger charge is -2.23. The molecular formula is C27H38N4O. The van der Waals surface area contributed by atoms with Crippen molar-refractivity contribution in [2.75, 3.05) is 11.1 Å². The van der Waals surface area contributed by atoms with Crippen LogP contribution in [0.25, 0.3) is 0 Å². The number of hydrogen-bond donors (Lipinski definition) is 2. The van der Waals surface area contributed by atoms with E-state index in [2.05, 4.69) is 53.4 Å². The number of hydrogen-bond acceptors (Lipinski definition) is 3. The van der Waals surface area contributed by atoms with E-state index in [0.29, 0.717) is 5.82 Å². The summed E-state index contributed by atoms with van der Waals surface area (Å²) in [4.78, 5) is 13.2. The number of anilines is 2. The van der Waals surface area contributed by atoms with Crippen molar-refractivity contribution in [3.05, 3.63) is 77.5 Å². The molecule has 0 spiro atoms. The van der Waals surface area contributed by atoms with Gasteiger partial charge < -0.3 is 11.1 Å². The van der Waals surface area contributed by atoms with E-state index in [-0.39, 0.29) is 17.4 Å². The van der Waals surface area contributed by atoms with Crippen LogP contribution in [0.15, 0.2) is 60.7 Å². The second kappa shape index (κ2) is 11.0. The molecule has 1 unspecified atom stereocenters. The highest BCUT2D eigenvalue weighted by Gasteiger charge is 2.23. The first kappa shape index (κ1) is 25.2. The van der Waals surface area contributed by atoms with Gasteiger partial charge in [-0.15, -0.1) is 0 Å². The molecule has 0 aliphatic carbocycles. The first-order valence-corrected chi connectivity index (χ1v) is 11.3. The maximum Gasteiger partial charge on any atom is 0.253 e. The van der Waals surface area contributed by atoms with Gasteiger partial charge >= 0.3 is 0 Å². The van der Waals surface area contributed by atoms with E-state index in [9.17, 15) is 4.79 Å². The summed E-state index contributed by atoms with van der Waals surface area (Å²) in [6.07, 6.45) is 9.74. The summed E-state index contributed by atoms with van der Waals surface area (Å²) >= 11 is 0. The van der Waals surface area contributed by atoms with Crippen LogP contribution in [0.4, 0.5) is 11.5 Å². The maximum atomic E-state index is 13.2. The smallest absolute Gasteiger partial charge is 0.253 e. The Hall–Kier alpha value is -3.08. The SMILES string of the molecule is C=C/C=C\C=C(\C(=O)Nc1cc(CCc2cc(N)ccc2C)nn1C(C)(C)C)C(C)CC. The number of nitrogen functional groups attached to an aromatic ring is 1. The number of carbonyl (C=O) groups excluding carboxylic acids is 1. The molecule has 0 radical (unpaired) electrons. The Bertz CT molecular complexity index is 1010. The normalized spacial score (nSPS) is 13.4. The highest BCUT2D eigenvalue weighted by atomic mass is 16.1. The summed E-state index contributed by atoms with van der Waals surface area (Å²) in [5.41, 5.74) is 10.6. The molecule has 0 aliphatic heterocycles. The van der Waals surface area contributed by atoms with Gasteiger partial charge in [-0.25, -0.2) is 4.68 Å². The van der Waals surface area contributed by atoms with Gasteiger partial charge in [-0.1, -0.05) is 50.8 Å². The number of nitrogens with one attached hydrogen (secondary N) is 1. The van der Waals surface area contributed by atoms with Gasteiger partial charge in [0.15, 0.2) is 0 Å². The molecule has 0 saturated carbocycles. The molecule has 0 aliphatic rings. The van der Waals surface area contributed by atoms with Gasteiger partial charge in [0.2, 0.25) is 0 Å². The molecule has 3 N–H and O–H groups in total. The van der Waals surface area contributed by atoms with Crippen molar-refractivity contribution >= 4 is 17.4 Å². The number of allylic oxidation sites excluding steroid dienone is 4.